The van der Waals surface area contributed by atoms with Gasteiger partial charge in [0.15, 0.2) is 0 Å². The van der Waals surface area contributed by atoms with Crippen LogP contribution in [0.3, 0.4) is 0 Å². The van der Waals surface area contributed by atoms with E-state index < -0.39 is 10.0 Å². The van der Waals surface area contributed by atoms with E-state index in [-0.39, 0.29) is 18.0 Å². The fraction of sp³-hybridized carbons (Fsp3) is 0.143. The molecule has 28 heavy (non-hydrogen) atoms. The highest BCUT2D eigenvalue weighted by Crippen LogP contribution is 2.24. The molecule has 0 bridgehead atoms. The van der Waals surface area contributed by atoms with Gasteiger partial charge in [0.1, 0.15) is 5.75 Å². The molecule has 0 saturated heterocycles. The molecule has 1 heterocycles. The molecule has 0 spiro atoms. The predicted octanol–water partition coefficient (Wildman–Crippen LogP) is 3.35. The van der Waals surface area contributed by atoms with Crippen molar-refractivity contribution < 1.29 is 13.2 Å². The van der Waals surface area contributed by atoms with Crippen molar-refractivity contribution in [3.05, 3.63) is 89.7 Å². The molecule has 0 unspecified atom stereocenters. The van der Waals surface area contributed by atoms with E-state index in [9.17, 15) is 8.42 Å². The van der Waals surface area contributed by atoms with Gasteiger partial charge in [-0.05, 0) is 42.0 Å². The topological polar surface area (TPSA) is 83.3 Å². The highest BCUT2D eigenvalue weighted by Gasteiger charge is 2.26. The lowest BCUT2D eigenvalue weighted by Crippen LogP contribution is -2.30. The third-order valence-electron chi connectivity index (χ3n) is 4.19. The maximum absolute atomic E-state index is 13.3. The third kappa shape index (κ3) is 4.55. The molecule has 0 saturated carbocycles. The fourth-order valence-corrected chi connectivity index (χ4v) is 4.13. The van der Waals surface area contributed by atoms with Gasteiger partial charge in [0.05, 0.1) is 35.9 Å². The molecule has 7 heteroatoms. The summed E-state index contributed by atoms with van der Waals surface area (Å²) in [6.07, 6.45) is 1.63. The molecular weight excluding hydrogens is 374 g/mol. The number of hydrogen-bond donors (Lipinski definition) is 0. The van der Waals surface area contributed by atoms with Gasteiger partial charge in [-0.25, -0.2) is 8.42 Å². The van der Waals surface area contributed by atoms with E-state index >= 15 is 0 Å². The Morgan fingerprint density at radius 1 is 1.04 bits per heavy atom. The number of hydrogen-bond acceptors (Lipinski definition) is 5. The number of nitrogens with zero attached hydrogens (tertiary/aromatic N) is 3. The second-order valence-electron chi connectivity index (χ2n) is 6.08. The molecule has 1 aromatic heterocycles. The van der Waals surface area contributed by atoms with Gasteiger partial charge in [0.25, 0.3) is 0 Å². The summed E-state index contributed by atoms with van der Waals surface area (Å²) in [4.78, 5) is 4.40. The lowest BCUT2D eigenvalue weighted by molar-refractivity contribution is 0.394. The van der Waals surface area contributed by atoms with E-state index in [0.29, 0.717) is 17.0 Å². The van der Waals surface area contributed by atoms with Gasteiger partial charge in [0, 0.05) is 18.8 Å². The second-order valence-corrected chi connectivity index (χ2v) is 8.02. The molecule has 0 aliphatic carbocycles. The Morgan fingerprint density at radius 2 is 1.82 bits per heavy atom. The summed E-state index contributed by atoms with van der Waals surface area (Å²) in [7, 11) is -2.30. The summed E-state index contributed by atoms with van der Waals surface area (Å²) in [6, 6.07) is 20.7. The summed E-state index contributed by atoms with van der Waals surface area (Å²) in [6.45, 7) is 0.280. The molecule has 0 radical (unpaired) electrons. The SMILES string of the molecule is COc1cccc(S(=O)(=O)N(Cc2ccc(C#N)cc2)Cc2ccccn2)c1. The number of sulfonamides is 1. The first-order chi connectivity index (χ1) is 13.5. The molecule has 2 aromatic carbocycles. The van der Waals surface area contributed by atoms with Crippen LogP contribution in [0.15, 0.2) is 77.8 Å². The van der Waals surface area contributed by atoms with Crippen LogP contribution in [0.25, 0.3) is 0 Å². The Balaban J connectivity index is 1.97. The Hall–Kier alpha value is -3.21. The summed E-state index contributed by atoms with van der Waals surface area (Å²) < 4.78 is 33.2. The minimum atomic E-state index is -3.80. The quantitative estimate of drug-likeness (QED) is 0.615. The molecule has 6 nitrogen and oxygen atoms in total. The summed E-state index contributed by atoms with van der Waals surface area (Å²) in [5.74, 6) is 0.470. The van der Waals surface area contributed by atoms with E-state index in [1.165, 1.54) is 17.5 Å². The molecule has 0 atom stereocenters. The molecule has 0 aliphatic heterocycles. The van der Waals surface area contributed by atoms with Gasteiger partial charge in [-0.2, -0.15) is 9.57 Å². The van der Waals surface area contributed by atoms with Crippen molar-refractivity contribution in [2.45, 2.75) is 18.0 Å². The van der Waals surface area contributed by atoms with Crippen LogP contribution in [-0.4, -0.2) is 24.8 Å². The smallest absolute Gasteiger partial charge is 0.243 e. The largest absolute Gasteiger partial charge is 0.497 e. The van der Waals surface area contributed by atoms with Gasteiger partial charge in [-0.3, -0.25) is 4.98 Å². The zero-order chi connectivity index (χ0) is 20.0. The molecule has 0 aliphatic rings. The van der Waals surface area contributed by atoms with Crippen molar-refractivity contribution in [2.24, 2.45) is 0 Å². The first-order valence-corrected chi connectivity index (χ1v) is 10.00. The fourth-order valence-electron chi connectivity index (χ4n) is 2.70. The molecule has 0 fully saturated rings. The monoisotopic (exact) mass is 393 g/mol. The minimum absolute atomic E-state index is 0.125. The number of benzene rings is 2. The molecule has 3 aromatic rings. The second kappa shape index (κ2) is 8.65. The van der Waals surface area contributed by atoms with Crippen LogP contribution >= 0.6 is 0 Å². The van der Waals surface area contributed by atoms with Gasteiger partial charge in [0.2, 0.25) is 10.0 Å². The van der Waals surface area contributed by atoms with Crippen LogP contribution in [0.2, 0.25) is 0 Å². The Kier molecular flexibility index (Phi) is 6.04. The first kappa shape index (κ1) is 19.5. The summed E-state index contributed by atoms with van der Waals surface area (Å²) in [5.41, 5.74) is 1.94. The van der Waals surface area contributed by atoms with Crippen molar-refractivity contribution in [1.29, 1.82) is 5.26 Å². The van der Waals surface area contributed by atoms with Crippen LogP contribution < -0.4 is 4.74 Å². The number of ether oxygens (including phenoxy) is 1. The van der Waals surface area contributed by atoms with Crippen LogP contribution in [0.1, 0.15) is 16.8 Å². The number of rotatable bonds is 7. The Morgan fingerprint density at radius 3 is 2.46 bits per heavy atom. The molecule has 0 amide bonds. The maximum Gasteiger partial charge on any atom is 0.243 e. The van der Waals surface area contributed by atoms with E-state index in [4.69, 9.17) is 10.00 Å². The van der Waals surface area contributed by atoms with Gasteiger partial charge in [-0.15, -0.1) is 0 Å². The highest BCUT2D eigenvalue weighted by molar-refractivity contribution is 7.89. The highest BCUT2D eigenvalue weighted by atomic mass is 32.2. The zero-order valence-corrected chi connectivity index (χ0v) is 16.1. The number of methoxy groups -OCH3 is 1. The van der Waals surface area contributed by atoms with Crippen molar-refractivity contribution in [2.75, 3.05) is 7.11 Å². The van der Waals surface area contributed by atoms with Crippen LogP contribution in [0.5, 0.6) is 5.75 Å². The molecule has 0 N–H and O–H groups in total. The van der Waals surface area contributed by atoms with Crippen LogP contribution in [0, 0.1) is 11.3 Å². The van der Waals surface area contributed by atoms with E-state index in [1.54, 1.807) is 60.8 Å². The third-order valence-corrected chi connectivity index (χ3v) is 5.97. The average Bonchev–Trinajstić information content (AvgIpc) is 2.74. The van der Waals surface area contributed by atoms with Crippen molar-refractivity contribution in [3.8, 4) is 11.8 Å². The van der Waals surface area contributed by atoms with Crippen LogP contribution in [0.4, 0.5) is 0 Å². The standard InChI is InChI=1S/C21H19N3O3S/c1-27-20-6-4-7-21(13-20)28(25,26)24(16-19-5-2-3-12-23-19)15-18-10-8-17(14-22)9-11-18/h2-13H,15-16H2,1H3. The molecular formula is C21H19N3O3S. The van der Waals surface area contributed by atoms with E-state index in [1.807, 2.05) is 6.07 Å². The first-order valence-electron chi connectivity index (χ1n) is 8.56. The zero-order valence-electron chi connectivity index (χ0n) is 15.3. The molecule has 3 rings (SSSR count). The minimum Gasteiger partial charge on any atom is -0.497 e. The lowest BCUT2D eigenvalue weighted by Gasteiger charge is -2.22. The van der Waals surface area contributed by atoms with Gasteiger partial charge in [-0.1, -0.05) is 24.3 Å². The predicted molar refractivity (Wildman–Crippen MR) is 105 cm³/mol. The lowest BCUT2D eigenvalue weighted by atomic mass is 10.1. The average molecular weight is 393 g/mol. The van der Waals surface area contributed by atoms with Gasteiger partial charge < -0.3 is 4.74 Å². The van der Waals surface area contributed by atoms with Crippen molar-refractivity contribution in [3.63, 3.8) is 0 Å². The summed E-state index contributed by atoms with van der Waals surface area (Å²) >= 11 is 0. The Bertz CT molecular complexity index is 1080. The molecule has 142 valence electrons. The van der Waals surface area contributed by atoms with Gasteiger partial charge >= 0.3 is 0 Å². The maximum atomic E-state index is 13.3. The number of nitriles is 1. The normalized spacial score (nSPS) is 11.2. The van der Waals surface area contributed by atoms with Crippen molar-refractivity contribution in [1.82, 2.24) is 9.29 Å². The number of aromatic nitrogens is 1. The van der Waals surface area contributed by atoms with E-state index in [2.05, 4.69) is 11.1 Å². The van der Waals surface area contributed by atoms with Crippen molar-refractivity contribution >= 4 is 10.0 Å². The van der Waals surface area contributed by atoms with Crippen LogP contribution in [-0.2, 0) is 23.1 Å². The summed E-state index contributed by atoms with van der Waals surface area (Å²) in [5, 5.41) is 8.96. The Labute approximate surface area is 164 Å². The number of pyridine rings is 1. The van der Waals surface area contributed by atoms with E-state index in [0.717, 1.165) is 5.56 Å².